The van der Waals surface area contributed by atoms with E-state index in [4.69, 9.17) is 14.7 Å². The molecule has 0 aliphatic heterocycles. The number of rotatable bonds is 8. The van der Waals surface area contributed by atoms with Crippen molar-refractivity contribution in [3.05, 3.63) is 113 Å². The number of aromatic nitrogens is 1. The number of pyridine rings is 1. The highest BCUT2D eigenvalue weighted by atomic mass is 16.6. The van der Waals surface area contributed by atoms with Gasteiger partial charge in [-0.15, -0.1) is 0 Å². The first kappa shape index (κ1) is 29.7. The first-order valence-electron chi connectivity index (χ1n) is 14.3. The van der Waals surface area contributed by atoms with Crippen LogP contribution in [0.2, 0.25) is 0 Å². The van der Waals surface area contributed by atoms with E-state index in [0.29, 0.717) is 18.4 Å². The van der Waals surface area contributed by atoms with Gasteiger partial charge in [-0.05, 0) is 67.5 Å². The van der Waals surface area contributed by atoms with Crippen LogP contribution in [0.25, 0.3) is 11.3 Å². The van der Waals surface area contributed by atoms with Gasteiger partial charge < -0.3 is 4.74 Å². The fourth-order valence-corrected chi connectivity index (χ4v) is 4.72. The summed E-state index contributed by atoms with van der Waals surface area (Å²) in [6.45, 7) is 14.8. The predicted molar refractivity (Wildman–Crippen MR) is 170 cm³/mol. The fraction of sp³-hybridized carbons (Fsp3) is 0.306. The highest BCUT2D eigenvalue weighted by molar-refractivity contribution is 5.94. The van der Waals surface area contributed by atoms with E-state index in [0.717, 1.165) is 33.9 Å². The Hall–Kier alpha value is -4.25. The van der Waals surface area contributed by atoms with Crippen LogP contribution in [-0.4, -0.2) is 22.9 Å². The zero-order chi connectivity index (χ0) is 29.6. The van der Waals surface area contributed by atoms with Crippen molar-refractivity contribution in [3.8, 4) is 11.3 Å². The lowest BCUT2D eigenvalue weighted by molar-refractivity contribution is 0.0577. The molecular weight excluding hydrogens is 506 g/mol. The second-order valence-corrected chi connectivity index (χ2v) is 11.9. The van der Waals surface area contributed by atoms with Crippen molar-refractivity contribution in [2.45, 2.75) is 72.4 Å². The van der Waals surface area contributed by atoms with Gasteiger partial charge in [0.05, 0.1) is 35.5 Å². The first-order chi connectivity index (χ1) is 19.5. The molecule has 1 heterocycles. The number of nitrogens with zero attached hydrogens (tertiary/aromatic N) is 3. The Balaban J connectivity index is 1.74. The predicted octanol–water partition coefficient (Wildman–Crippen LogP) is 9.69. The lowest BCUT2D eigenvalue weighted by Gasteiger charge is -2.29. The summed E-state index contributed by atoms with van der Waals surface area (Å²) in [5, 5.41) is 0. The number of hydrogen-bond donors (Lipinski definition) is 0. The molecule has 0 aliphatic carbocycles. The summed E-state index contributed by atoms with van der Waals surface area (Å²) in [5.74, 6) is 0.714. The van der Waals surface area contributed by atoms with Gasteiger partial charge in [0, 0.05) is 5.56 Å². The second-order valence-electron chi connectivity index (χ2n) is 11.9. The number of para-hydroxylation sites is 2. The van der Waals surface area contributed by atoms with Crippen molar-refractivity contribution >= 4 is 23.7 Å². The van der Waals surface area contributed by atoms with E-state index in [-0.39, 0.29) is 0 Å². The van der Waals surface area contributed by atoms with Gasteiger partial charge in [0.25, 0.3) is 0 Å². The van der Waals surface area contributed by atoms with Crippen LogP contribution in [0, 0.1) is 0 Å². The van der Waals surface area contributed by atoms with Crippen LogP contribution < -0.4 is 4.90 Å². The van der Waals surface area contributed by atoms with E-state index in [1.165, 1.54) is 11.1 Å². The maximum atomic E-state index is 13.5. The molecule has 0 atom stereocenters. The number of hydrogen-bond acceptors (Lipinski definition) is 4. The van der Waals surface area contributed by atoms with Crippen LogP contribution in [0.15, 0.2) is 96.0 Å². The molecule has 0 aliphatic rings. The summed E-state index contributed by atoms with van der Waals surface area (Å²) in [6, 6.07) is 30.1. The van der Waals surface area contributed by atoms with E-state index in [1.54, 1.807) is 4.90 Å². The highest BCUT2D eigenvalue weighted by Crippen LogP contribution is 2.35. The molecular formula is C36H41N3O2. The van der Waals surface area contributed by atoms with Crippen LogP contribution in [0.1, 0.15) is 82.7 Å². The van der Waals surface area contributed by atoms with Gasteiger partial charge in [-0.3, -0.25) is 9.89 Å². The molecule has 0 saturated heterocycles. The quantitative estimate of drug-likeness (QED) is 0.206. The molecule has 5 heteroatoms. The van der Waals surface area contributed by atoms with E-state index in [2.05, 4.69) is 45.9 Å². The molecule has 0 radical (unpaired) electrons. The molecule has 5 nitrogen and oxygen atoms in total. The van der Waals surface area contributed by atoms with Crippen LogP contribution >= 0.6 is 0 Å². The molecule has 0 spiro atoms. The monoisotopic (exact) mass is 547 g/mol. The summed E-state index contributed by atoms with van der Waals surface area (Å²) >= 11 is 0. The molecule has 0 bridgehead atoms. The largest absolute Gasteiger partial charge is 0.443 e. The average molecular weight is 548 g/mol. The molecule has 0 fully saturated rings. The number of carbonyl (C=O) groups is 1. The molecule has 1 amide bonds. The summed E-state index contributed by atoms with van der Waals surface area (Å²) in [6.07, 6.45) is 1.44. The van der Waals surface area contributed by atoms with Gasteiger partial charge in [0.1, 0.15) is 5.60 Å². The van der Waals surface area contributed by atoms with Crippen LogP contribution in [-0.2, 0) is 11.3 Å². The number of benzene rings is 3. The minimum Gasteiger partial charge on any atom is -0.443 e. The third-order valence-corrected chi connectivity index (χ3v) is 6.71. The highest BCUT2D eigenvalue weighted by Gasteiger charge is 2.26. The Labute approximate surface area is 244 Å². The Kier molecular flexibility index (Phi) is 9.38. The Morgan fingerprint density at radius 2 is 1.44 bits per heavy atom. The van der Waals surface area contributed by atoms with Gasteiger partial charge in [0.2, 0.25) is 0 Å². The molecule has 1 aromatic heterocycles. The maximum Gasteiger partial charge on any atom is 0.415 e. The van der Waals surface area contributed by atoms with E-state index in [1.807, 2.05) is 99.8 Å². The lowest BCUT2D eigenvalue weighted by atomic mass is 9.93. The summed E-state index contributed by atoms with van der Waals surface area (Å²) in [7, 11) is 0. The smallest absolute Gasteiger partial charge is 0.415 e. The molecule has 4 aromatic rings. The normalized spacial score (nSPS) is 11.8. The topological polar surface area (TPSA) is 54.8 Å². The van der Waals surface area contributed by atoms with Gasteiger partial charge in [-0.25, -0.2) is 9.78 Å². The third kappa shape index (κ3) is 7.69. The molecule has 3 aromatic carbocycles. The minimum atomic E-state index is -0.628. The van der Waals surface area contributed by atoms with Gasteiger partial charge >= 0.3 is 6.09 Å². The molecule has 0 saturated carbocycles. The number of amides is 1. The maximum absolute atomic E-state index is 13.5. The Bertz CT molecular complexity index is 1470. The zero-order valence-electron chi connectivity index (χ0n) is 25.3. The van der Waals surface area contributed by atoms with Gasteiger partial charge in [0.15, 0.2) is 0 Å². The van der Waals surface area contributed by atoms with Crippen LogP contribution in [0.4, 0.5) is 16.2 Å². The van der Waals surface area contributed by atoms with Crippen LogP contribution in [0.5, 0.6) is 0 Å². The Morgan fingerprint density at radius 3 is 2.07 bits per heavy atom. The first-order valence-corrected chi connectivity index (χ1v) is 14.3. The molecule has 41 heavy (non-hydrogen) atoms. The van der Waals surface area contributed by atoms with Crippen molar-refractivity contribution < 1.29 is 9.53 Å². The van der Waals surface area contributed by atoms with Crippen molar-refractivity contribution in [3.63, 3.8) is 0 Å². The van der Waals surface area contributed by atoms with Crippen molar-refractivity contribution in [2.24, 2.45) is 4.99 Å². The number of aliphatic imine (C=N–C) groups is 1. The van der Waals surface area contributed by atoms with E-state index >= 15 is 0 Å². The number of ether oxygens (including phenoxy) is 1. The third-order valence-electron chi connectivity index (χ3n) is 6.71. The summed E-state index contributed by atoms with van der Waals surface area (Å²) in [4.78, 5) is 25.1. The SMILES string of the molecule is CC(C)c1cccc(C(C)C)c1/N=C/c1cccc(-c2ccccc2N(Cc2ccccc2)C(=O)OC(C)(C)C)n1. The summed E-state index contributed by atoms with van der Waals surface area (Å²) in [5.41, 5.74) is 6.93. The van der Waals surface area contributed by atoms with Crippen molar-refractivity contribution in [2.75, 3.05) is 4.90 Å². The van der Waals surface area contributed by atoms with E-state index in [9.17, 15) is 4.79 Å². The lowest BCUT2D eigenvalue weighted by Crippen LogP contribution is -2.36. The van der Waals surface area contributed by atoms with Crippen LogP contribution in [0.3, 0.4) is 0 Å². The molecule has 4 rings (SSSR count). The average Bonchev–Trinajstić information content (AvgIpc) is 2.94. The van der Waals surface area contributed by atoms with Crippen molar-refractivity contribution in [1.29, 1.82) is 0 Å². The van der Waals surface area contributed by atoms with Crippen molar-refractivity contribution in [1.82, 2.24) is 4.98 Å². The van der Waals surface area contributed by atoms with E-state index < -0.39 is 11.7 Å². The number of carbonyl (C=O) groups excluding carboxylic acids is 1. The van der Waals surface area contributed by atoms with Gasteiger partial charge in [-0.1, -0.05) is 100 Å². The van der Waals surface area contributed by atoms with Gasteiger partial charge in [-0.2, -0.15) is 0 Å². The second kappa shape index (κ2) is 12.9. The molecule has 212 valence electrons. The molecule has 0 N–H and O–H groups in total. The number of anilines is 1. The zero-order valence-corrected chi connectivity index (χ0v) is 25.3. The molecule has 0 unspecified atom stereocenters. The summed E-state index contributed by atoms with van der Waals surface area (Å²) < 4.78 is 5.83. The standard InChI is InChI=1S/C36H41N3O2/c1-25(2)29-19-14-20-30(26(3)4)34(29)37-23-28-17-13-21-32(38-28)31-18-11-12-22-33(31)39(35(40)41-36(5,6)7)24-27-15-9-8-10-16-27/h8-23,25-26H,24H2,1-7H3/b37-23+. The minimum absolute atomic E-state index is 0.357. The Morgan fingerprint density at radius 1 is 0.829 bits per heavy atom. The fourth-order valence-electron chi connectivity index (χ4n) is 4.72.